The van der Waals surface area contributed by atoms with Crippen LogP contribution in [0.4, 0.5) is 5.69 Å². The number of anilines is 1. The van der Waals surface area contributed by atoms with Gasteiger partial charge in [0, 0.05) is 30.9 Å². The Balaban J connectivity index is 1.55. The number of likely N-dealkylation sites (tertiary alicyclic amines) is 1. The van der Waals surface area contributed by atoms with Crippen LogP contribution in [0, 0.1) is 11.8 Å². The van der Waals surface area contributed by atoms with Crippen molar-refractivity contribution in [2.24, 2.45) is 11.8 Å². The minimum Gasteiger partial charge on any atom is -0.494 e. The molecule has 37 heavy (non-hydrogen) atoms. The number of ether oxygens (including phenoxy) is 2. The number of amides is 3. The monoisotopic (exact) mass is 509 g/mol. The standard InChI is InChI=1S/C28H35N3O6/c1-5-36-19-11-9-18(10-12-19)29-14-6-8-20-21(24(29)33)22-25(34)30(16-17-32)23-26(35)31(27(2,3)4)15-7-13-28(22,23)37-20/h6-13,20-23,32H,5,14-17H2,1-4H3/t20-,21+,22-,23?,28-/m0/s1. The van der Waals surface area contributed by atoms with E-state index < -0.39 is 35.1 Å². The highest BCUT2D eigenvalue weighted by Gasteiger charge is 2.72. The molecule has 5 rings (SSSR count). The Morgan fingerprint density at radius 3 is 2.43 bits per heavy atom. The van der Waals surface area contributed by atoms with E-state index in [0.29, 0.717) is 31.1 Å². The molecule has 0 aliphatic carbocycles. The summed E-state index contributed by atoms with van der Waals surface area (Å²) < 4.78 is 12.1. The number of aliphatic hydroxyl groups excluding tert-OH is 1. The second-order valence-corrected chi connectivity index (χ2v) is 10.9. The summed E-state index contributed by atoms with van der Waals surface area (Å²) in [6, 6.07) is 6.34. The van der Waals surface area contributed by atoms with Crippen molar-refractivity contribution >= 4 is 23.4 Å². The van der Waals surface area contributed by atoms with Crippen LogP contribution in [0.3, 0.4) is 0 Å². The van der Waals surface area contributed by atoms with Gasteiger partial charge in [-0.15, -0.1) is 0 Å². The molecule has 0 aromatic heterocycles. The molecule has 0 radical (unpaired) electrons. The van der Waals surface area contributed by atoms with Crippen molar-refractivity contribution in [3.8, 4) is 5.75 Å². The fourth-order valence-electron chi connectivity index (χ4n) is 6.21. The Bertz CT molecular complexity index is 1140. The summed E-state index contributed by atoms with van der Waals surface area (Å²) in [5, 5.41) is 9.78. The van der Waals surface area contributed by atoms with E-state index >= 15 is 0 Å². The van der Waals surface area contributed by atoms with Crippen LogP contribution >= 0.6 is 0 Å². The molecule has 1 spiro atoms. The van der Waals surface area contributed by atoms with E-state index in [1.807, 2.05) is 76.3 Å². The van der Waals surface area contributed by atoms with E-state index in [0.717, 1.165) is 0 Å². The quantitative estimate of drug-likeness (QED) is 0.608. The van der Waals surface area contributed by atoms with E-state index in [-0.39, 0.29) is 30.9 Å². The molecule has 9 nitrogen and oxygen atoms in total. The molecular formula is C28H35N3O6. The molecule has 9 heteroatoms. The number of fused-ring (bicyclic) bond motifs is 2. The summed E-state index contributed by atoms with van der Waals surface area (Å²) >= 11 is 0. The van der Waals surface area contributed by atoms with Crippen LogP contribution in [-0.2, 0) is 19.1 Å². The molecule has 2 fully saturated rings. The number of nitrogens with zero attached hydrogens (tertiary/aromatic N) is 3. The maximum absolute atomic E-state index is 14.1. The molecule has 1 aromatic carbocycles. The van der Waals surface area contributed by atoms with Crippen LogP contribution in [0.5, 0.6) is 5.75 Å². The minimum absolute atomic E-state index is 0.00725. The summed E-state index contributed by atoms with van der Waals surface area (Å²) in [6.07, 6.45) is 6.76. The molecule has 0 bridgehead atoms. The number of benzene rings is 1. The average Bonchev–Trinajstić information content (AvgIpc) is 3.14. The molecule has 4 aliphatic heterocycles. The van der Waals surface area contributed by atoms with Gasteiger partial charge in [-0.05, 0) is 52.0 Å². The first-order chi connectivity index (χ1) is 17.6. The smallest absolute Gasteiger partial charge is 0.249 e. The van der Waals surface area contributed by atoms with Gasteiger partial charge in [0.25, 0.3) is 0 Å². The largest absolute Gasteiger partial charge is 0.494 e. The van der Waals surface area contributed by atoms with Crippen molar-refractivity contribution in [2.75, 3.05) is 37.7 Å². The summed E-state index contributed by atoms with van der Waals surface area (Å²) in [7, 11) is 0. The molecule has 198 valence electrons. The molecule has 5 atom stereocenters. The maximum Gasteiger partial charge on any atom is 0.249 e. The third kappa shape index (κ3) is 3.95. The lowest BCUT2D eigenvalue weighted by atomic mass is 9.77. The van der Waals surface area contributed by atoms with E-state index in [2.05, 4.69) is 0 Å². The van der Waals surface area contributed by atoms with Crippen LogP contribution in [0.15, 0.2) is 48.6 Å². The zero-order chi connectivity index (χ0) is 26.5. The number of rotatable bonds is 5. The Hall–Kier alpha value is -3.17. The molecular weight excluding hydrogens is 474 g/mol. The second kappa shape index (κ2) is 9.29. The minimum atomic E-state index is -1.29. The van der Waals surface area contributed by atoms with Gasteiger partial charge in [-0.3, -0.25) is 14.4 Å². The topological polar surface area (TPSA) is 99.6 Å². The van der Waals surface area contributed by atoms with Crippen LogP contribution in [0.1, 0.15) is 27.7 Å². The predicted octanol–water partition coefficient (Wildman–Crippen LogP) is 1.76. The highest BCUT2D eigenvalue weighted by atomic mass is 16.5. The van der Waals surface area contributed by atoms with Crippen molar-refractivity contribution in [1.82, 2.24) is 9.80 Å². The summed E-state index contributed by atoms with van der Waals surface area (Å²) in [5.74, 6) is -1.77. The van der Waals surface area contributed by atoms with Crippen molar-refractivity contribution in [1.29, 1.82) is 0 Å². The summed E-state index contributed by atoms with van der Waals surface area (Å²) in [6.45, 7) is 8.70. The second-order valence-electron chi connectivity index (χ2n) is 10.9. The Morgan fingerprint density at radius 2 is 1.78 bits per heavy atom. The number of hydrogen-bond acceptors (Lipinski definition) is 6. The van der Waals surface area contributed by atoms with E-state index in [4.69, 9.17) is 9.47 Å². The van der Waals surface area contributed by atoms with E-state index in [9.17, 15) is 19.5 Å². The highest BCUT2D eigenvalue weighted by Crippen LogP contribution is 2.53. The van der Waals surface area contributed by atoms with Gasteiger partial charge in [-0.25, -0.2) is 0 Å². The van der Waals surface area contributed by atoms with Crippen molar-refractivity contribution < 1.29 is 29.0 Å². The van der Waals surface area contributed by atoms with Gasteiger partial charge in [0.05, 0.1) is 31.2 Å². The Kier molecular flexibility index (Phi) is 6.40. The third-order valence-electron chi connectivity index (χ3n) is 7.77. The third-order valence-corrected chi connectivity index (χ3v) is 7.77. The first-order valence-corrected chi connectivity index (χ1v) is 12.9. The molecule has 1 unspecified atom stereocenters. The molecule has 0 saturated carbocycles. The number of hydrogen-bond donors (Lipinski definition) is 1. The molecule has 1 N–H and O–H groups in total. The van der Waals surface area contributed by atoms with Gasteiger partial charge < -0.3 is 29.3 Å². The fraction of sp³-hybridized carbons (Fsp3) is 0.536. The average molecular weight is 510 g/mol. The fourth-order valence-corrected chi connectivity index (χ4v) is 6.21. The molecule has 2 saturated heterocycles. The van der Waals surface area contributed by atoms with Crippen LogP contribution in [0.25, 0.3) is 0 Å². The van der Waals surface area contributed by atoms with Crippen LogP contribution in [0.2, 0.25) is 0 Å². The lowest BCUT2D eigenvalue weighted by Gasteiger charge is -2.40. The van der Waals surface area contributed by atoms with Gasteiger partial charge in [-0.1, -0.05) is 24.3 Å². The van der Waals surface area contributed by atoms with Gasteiger partial charge >= 0.3 is 0 Å². The van der Waals surface area contributed by atoms with Gasteiger partial charge in [-0.2, -0.15) is 0 Å². The maximum atomic E-state index is 14.1. The normalized spacial score (nSPS) is 31.3. The van der Waals surface area contributed by atoms with Gasteiger partial charge in [0.1, 0.15) is 17.4 Å². The van der Waals surface area contributed by atoms with Crippen molar-refractivity contribution in [3.05, 3.63) is 48.6 Å². The van der Waals surface area contributed by atoms with Crippen molar-refractivity contribution in [2.45, 2.75) is 51.0 Å². The van der Waals surface area contributed by atoms with Crippen molar-refractivity contribution in [3.63, 3.8) is 0 Å². The number of β-amino-alcohol motifs (C(OH)–C–C–N with tert-alkyl or cyclic N) is 1. The van der Waals surface area contributed by atoms with Crippen LogP contribution < -0.4 is 9.64 Å². The number of aliphatic hydroxyl groups is 1. The van der Waals surface area contributed by atoms with Gasteiger partial charge in [0.2, 0.25) is 17.7 Å². The lowest BCUT2D eigenvalue weighted by molar-refractivity contribution is -0.150. The molecule has 3 amide bonds. The Morgan fingerprint density at radius 1 is 1.05 bits per heavy atom. The predicted molar refractivity (Wildman–Crippen MR) is 137 cm³/mol. The Labute approximate surface area is 217 Å². The van der Waals surface area contributed by atoms with E-state index in [1.54, 1.807) is 9.80 Å². The number of carbonyl (C=O) groups excluding carboxylic acids is 3. The van der Waals surface area contributed by atoms with E-state index in [1.165, 1.54) is 4.90 Å². The highest BCUT2D eigenvalue weighted by molar-refractivity contribution is 6.03. The zero-order valence-corrected chi connectivity index (χ0v) is 21.8. The molecule has 4 aliphatic rings. The summed E-state index contributed by atoms with van der Waals surface area (Å²) in [4.78, 5) is 46.8. The lowest BCUT2D eigenvalue weighted by Crippen LogP contribution is -2.59. The summed E-state index contributed by atoms with van der Waals surface area (Å²) in [5.41, 5.74) is -1.08. The first-order valence-electron chi connectivity index (χ1n) is 12.9. The zero-order valence-electron chi connectivity index (χ0n) is 21.8. The van der Waals surface area contributed by atoms with Gasteiger partial charge in [0.15, 0.2) is 0 Å². The molecule has 1 aromatic rings. The molecule has 4 heterocycles. The first kappa shape index (κ1) is 25.5. The SMILES string of the molecule is CCOc1ccc(N2CC=C[C@@H]3O[C@]45C=CCN(C(C)(C)C)C(=O)C4N(CCO)C(=O)[C@@H]5[C@@H]3C2=O)cc1. The van der Waals surface area contributed by atoms with Crippen LogP contribution in [-0.4, -0.2) is 88.8 Å². The number of carbonyl (C=O) groups is 3.